The number of anilines is 1. The summed E-state index contributed by atoms with van der Waals surface area (Å²) in [4.78, 5) is 13.3. The minimum atomic E-state index is -0.883. The molecule has 20 heavy (non-hydrogen) atoms. The van der Waals surface area contributed by atoms with Gasteiger partial charge in [0, 0.05) is 17.6 Å². The fraction of sp³-hybridized carbons (Fsp3) is 0.562. The van der Waals surface area contributed by atoms with Crippen LogP contribution in [0.15, 0.2) is 22.7 Å². The zero-order chi connectivity index (χ0) is 14.8. The number of carbonyl (C=O) groups is 1. The van der Waals surface area contributed by atoms with Gasteiger partial charge in [0.15, 0.2) is 0 Å². The molecule has 0 unspecified atom stereocenters. The smallest absolute Gasteiger partial charge is 0.335 e. The maximum Gasteiger partial charge on any atom is 0.335 e. The summed E-state index contributed by atoms with van der Waals surface area (Å²) in [7, 11) is 0. The number of nitrogens with zero attached hydrogens (tertiary/aromatic N) is 1. The lowest BCUT2D eigenvalue weighted by Gasteiger charge is -2.42. The van der Waals surface area contributed by atoms with Crippen molar-refractivity contribution in [1.29, 1.82) is 0 Å². The first-order valence-electron chi connectivity index (χ1n) is 7.29. The van der Waals surface area contributed by atoms with Crippen molar-refractivity contribution in [3.8, 4) is 0 Å². The van der Waals surface area contributed by atoms with Crippen LogP contribution in [0.25, 0.3) is 0 Å². The molecule has 110 valence electrons. The Morgan fingerprint density at radius 2 is 1.90 bits per heavy atom. The molecule has 0 amide bonds. The third-order valence-corrected chi connectivity index (χ3v) is 5.49. The van der Waals surface area contributed by atoms with Gasteiger partial charge in [0.2, 0.25) is 0 Å². The van der Waals surface area contributed by atoms with Gasteiger partial charge < -0.3 is 10.0 Å². The Labute approximate surface area is 129 Å². The van der Waals surface area contributed by atoms with Crippen LogP contribution in [-0.4, -0.2) is 24.2 Å². The van der Waals surface area contributed by atoms with E-state index in [-0.39, 0.29) is 0 Å². The molecule has 1 aromatic carbocycles. The Balaban J connectivity index is 2.13. The van der Waals surface area contributed by atoms with Gasteiger partial charge in [-0.25, -0.2) is 4.79 Å². The summed E-state index contributed by atoms with van der Waals surface area (Å²) < 4.78 is 0.873. The molecular weight excluding hydrogens is 318 g/mol. The second-order valence-electron chi connectivity index (χ2n) is 5.67. The Hall–Kier alpha value is -1.03. The van der Waals surface area contributed by atoms with Crippen LogP contribution >= 0.6 is 15.9 Å². The van der Waals surface area contributed by atoms with Gasteiger partial charge in [0.1, 0.15) is 0 Å². The van der Waals surface area contributed by atoms with Crippen molar-refractivity contribution in [3.05, 3.63) is 28.2 Å². The molecule has 0 radical (unpaired) electrons. The number of rotatable bonds is 4. The molecule has 1 N–H and O–H groups in total. The lowest BCUT2D eigenvalue weighted by Crippen LogP contribution is -2.39. The highest BCUT2D eigenvalue weighted by Crippen LogP contribution is 2.40. The summed E-state index contributed by atoms with van der Waals surface area (Å²) in [6, 6.07) is 5.29. The SMILES string of the molecule is CCC1(CC)CCN(c2ccc(C(=O)O)cc2Br)CC1. The number of benzene rings is 1. The average Bonchev–Trinajstić information content (AvgIpc) is 2.47. The number of carboxylic acid groups (broad SMARTS) is 1. The zero-order valence-corrected chi connectivity index (χ0v) is 13.7. The molecule has 1 aromatic rings. The zero-order valence-electron chi connectivity index (χ0n) is 12.2. The van der Waals surface area contributed by atoms with Crippen LogP contribution in [-0.2, 0) is 0 Å². The molecule has 4 heteroatoms. The van der Waals surface area contributed by atoms with Crippen molar-refractivity contribution in [3.63, 3.8) is 0 Å². The lowest BCUT2D eigenvalue weighted by molar-refractivity contribution is 0.0697. The third-order valence-electron chi connectivity index (χ3n) is 4.86. The Morgan fingerprint density at radius 1 is 1.30 bits per heavy atom. The van der Waals surface area contributed by atoms with Gasteiger partial charge in [0.25, 0.3) is 0 Å². The maximum absolute atomic E-state index is 11.0. The van der Waals surface area contributed by atoms with E-state index in [0.717, 1.165) is 23.2 Å². The summed E-state index contributed by atoms with van der Waals surface area (Å²) in [5.41, 5.74) is 1.94. The quantitative estimate of drug-likeness (QED) is 0.874. The van der Waals surface area contributed by atoms with E-state index in [2.05, 4.69) is 34.7 Å². The fourth-order valence-electron chi connectivity index (χ4n) is 3.08. The minimum Gasteiger partial charge on any atom is -0.478 e. The summed E-state index contributed by atoms with van der Waals surface area (Å²) in [5.74, 6) is -0.883. The normalized spacial score (nSPS) is 18.1. The van der Waals surface area contributed by atoms with Gasteiger partial charge in [-0.05, 0) is 52.4 Å². The fourth-order valence-corrected chi connectivity index (χ4v) is 3.71. The number of carboxylic acids is 1. The van der Waals surface area contributed by atoms with Gasteiger partial charge in [-0.3, -0.25) is 0 Å². The molecule has 1 aliphatic heterocycles. The predicted octanol–water partition coefficient (Wildman–Crippen LogP) is 4.55. The predicted molar refractivity (Wildman–Crippen MR) is 85.6 cm³/mol. The molecule has 0 spiro atoms. The number of hydrogen-bond acceptors (Lipinski definition) is 2. The highest BCUT2D eigenvalue weighted by Gasteiger charge is 2.31. The van der Waals surface area contributed by atoms with Gasteiger partial charge in [-0.2, -0.15) is 0 Å². The molecule has 1 heterocycles. The molecule has 1 saturated heterocycles. The second-order valence-corrected chi connectivity index (χ2v) is 6.52. The standard InChI is InChI=1S/C16H22BrNO2/c1-3-16(4-2)7-9-18(10-8-16)14-6-5-12(15(19)20)11-13(14)17/h5-6,11H,3-4,7-10H2,1-2H3,(H,19,20). The van der Waals surface area contributed by atoms with Crippen LogP contribution in [0, 0.1) is 5.41 Å². The second kappa shape index (κ2) is 6.17. The van der Waals surface area contributed by atoms with Crippen molar-refractivity contribution in [1.82, 2.24) is 0 Å². The van der Waals surface area contributed by atoms with E-state index in [0.29, 0.717) is 11.0 Å². The number of hydrogen-bond donors (Lipinski definition) is 1. The van der Waals surface area contributed by atoms with Gasteiger partial charge >= 0.3 is 5.97 Å². The van der Waals surface area contributed by atoms with Crippen LogP contribution in [0.3, 0.4) is 0 Å². The highest BCUT2D eigenvalue weighted by atomic mass is 79.9. The summed E-state index contributed by atoms with van der Waals surface area (Å²) in [5, 5.41) is 9.01. The molecule has 0 atom stereocenters. The maximum atomic E-state index is 11.0. The van der Waals surface area contributed by atoms with E-state index in [1.807, 2.05) is 6.07 Å². The minimum absolute atomic E-state index is 0.328. The molecule has 1 aliphatic rings. The summed E-state index contributed by atoms with van der Waals surface area (Å²) in [6.07, 6.45) is 4.92. The van der Waals surface area contributed by atoms with E-state index in [4.69, 9.17) is 5.11 Å². The molecule has 2 rings (SSSR count). The molecular formula is C16H22BrNO2. The summed E-state index contributed by atoms with van der Waals surface area (Å²) >= 11 is 3.51. The van der Waals surface area contributed by atoms with Crippen LogP contribution < -0.4 is 4.90 Å². The Kier molecular flexibility index (Phi) is 4.74. The number of aromatic carboxylic acids is 1. The van der Waals surface area contributed by atoms with Gasteiger partial charge in [-0.1, -0.05) is 26.7 Å². The van der Waals surface area contributed by atoms with Gasteiger partial charge in [0.05, 0.1) is 11.3 Å². The van der Waals surface area contributed by atoms with E-state index in [1.54, 1.807) is 12.1 Å². The first kappa shape index (κ1) is 15.4. The van der Waals surface area contributed by atoms with Crippen LogP contribution in [0.4, 0.5) is 5.69 Å². The van der Waals surface area contributed by atoms with Crippen LogP contribution in [0.1, 0.15) is 49.9 Å². The monoisotopic (exact) mass is 339 g/mol. The molecule has 3 nitrogen and oxygen atoms in total. The Morgan fingerprint density at radius 3 is 2.35 bits per heavy atom. The number of halogens is 1. The van der Waals surface area contributed by atoms with Crippen molar-refractivity contribution in [2.75, 3.05) is 18.0 Å². The van der Waals surface area contributed by atoms with Crippen molar-refractivity contribution >= 4 is 27.6 Å². The largest absolute Gasteiger partial charge is 0.478 e. The topological polar surface area (TPSA) is 40.5 Å². The van der Waals surface area contributed by atoms with E-state index < -0.39 is 5.97 Å². The third kappa shape index (κ3) is 3.00. The van der Waals surface area contributed by atoms with Crippen molar-refractivity contribution in [2.24, 2.45) is 5.41 Å². The molecule has 0 saturated carbocycles. The molecule has 0 aliphatic carbocycles. The molecule has 0 aromatic heterocycles. The molecule has 0 bridgehead atoms. The number of piperidine rings is 1. The lowest BCUT2D eigenvalue weighted by atomic mass is 9.74. The van der Waals surface area contributed by atoms with Crippen LogP contribution in [0.5, 0.6) is 0 Å². The van der Waals surface area contributed by atoms with Crippen molar-refractivity contribution in [2.45, 2.75) is 39.5 Å². The van der Waals surface area contributed by atoms with Gasteiger partial charge in [-0.15, -0.1) is 0 Å². The average molecular weight is 340 g/mol. The van der Waals surface area contributed by atoms with Crippen LogP contribution in [0.2, 0.25) is 0 Å². The first-order valence-corrected chi connectivity index (χ1v) is 8.08. The van der Waals surface area contributed by atoms with E-state index in [1.165, 1.54) is 25.7 Å². The van der Waals surface area contributed by atoms with E-state index >= 15 is 0 Å². The molecule has 1 fully saturated rings. The Bertz CT molecular complexity index is 487. The van der Waals surface area contributed by atoms with Crippen molar-refractivity contribution < 1.29 is 9.90 Å². The van der Waals surface area contributed by atoms with E-state index in [9.17, 15) is 4.79 Å². The first-order chi connectivity index (χ1) is 9.51. The summed E-state index contributed by atoms with van der Waals surface area (Å²) in [6.45, 7) is 6.67. The highest BCUT2D eigenvalue weighted by molar-refractivity contribution is 9.10.